The Labute approximate surface area is 248 Å². The van der Waals surface area contributed by atoms with Gasteiger partial charge >= 0.3 is 5.97 Å². The van der Waals surface area contributed by atoms with Crippen LogP contribution in [0.25, 0.3) is 22.3 Å². The number of ether oxygens (including phenoxy) is 3. The summed E-state index contributed by atoms with van der Waals surface area (Å²) in [7, 11) is 0. The van der Waals surface area contributed by atoms with Gasteiger partial charge < -0.3 is 14.2 Å². The molecule has 0 saturated carbocycles. The topological polar surface area (TPSA) is 44.8 Å². The fourth-order valence-corrected chi connectivity index (χ4v) is 5.07. The van der Waals surface area contributed by atoms with Crippen LogP contribution in [-0.4, -0.2) is 25.5 Å². The Kier molecular flexibility index (Phi) is 10.1. The average molecular weight is 559 g/mol. The van der Waals surface area contributed by atoms with E-state index in [9.17, 15) is 4.79 Å². The van der Waals surface area contributed by atoms with Crippen molar-refractivity contribution in [3.05, 3.63) is 78.9 Å². The summed E-state index contributed by atoms with van der Waals surface area (Å²) >= 11 is 0. The lowest BCUT2D eigenvalue weighted by Gasteiger charge is -2.44. The van der Waals surface area contributed by atoms with E-state index in [4.69, 9.17) is 14.2 Å². The largest absolute Gasteiger partial charge is 0.490 e. The maximum atomic E-state index is 13.8. The van der Waals surface area contributed by atoms with Gasteiger partial charge in [-0.05, 0) is 35.3 Å². The molecule has 41 heavy (non-hydrogen) atoms. The molecule has 3 aromatic rings. The van der Waals surface area contributed by atoms with Gasteiger partial charge in [0.15, 0.2) is 0 Å². The predicted molar refractivity (Wildman–Crippen MR) is 170 cm³/mol. The molecule has 0 aromatic heterocycles. The van der Waals surface area contributed by atoms with Gasteiger partial charge in [-0.1, -0.05) is 141 Å². The summed E-state index contributed by atoms with van der Waals surface area (Å²) in [6.07, 6.45) is -0.000829. The third-order valence-corrected chi connectivity index (χ3v) is 7.69. The Hall–Kier alpha value is -3.11. The SMILES string of the molecule is CC(C)(C)CC(C)(C(=O)OC(OCCOc1c(-c2ccccc2)cccc1-c1ccccc1)C(C)(C)C)C(C)(C)C. The zero-order valence-electron chi connectivity index (χ0n) is 26.8. The highest BCUT2D eigenvalue weighted by molar-refractivity contribution is 5.82. The smallest absolute Gasteiger partial charge is 0.314 e. The Bertz CT molecular complexity index is 1200. The Morgan fingerprint density at radius 3 is 1.56 bits per heavy atom. The molecule has 2 atom stereocenters. The summed E-state index contributed by atoms with van der Waals surface area (Å²) in [6.45, 7) is 21.5. The second kappa shape index (κ2) is 12.8. The molecular weight excluding hydrogens is 508 g/mol. The molecule has 0 aliphatic carbocycles. The zero-order valence-corrected chi connectivity index (χ0v) is 26.8. The molecule has 0 aliphatic heterocycles. The first kappa shape index (κ1) is 32.4. The van der Waals surface area contributed by atoms with Gasteiger partial charge in [0.25, 0.3) is 0 Å². The highest BCUT2D eigenvalue weighted by Crippen LogP contribution is 2.48. The summed E-state index contributed by atoms with van der Waals surface area (Å²) in [5.41, 5.74) is 2.82. The standard InChI is InChI=1S/C37H50O4/c1-34(2,3)26-37(10,36(7,8)9)32(38)41-33(35(4,5)6)40-25-24-39-31-29(27-18-13-11-14-19-27)22-17-23-30(31)28-20-15-12-16-21-28/h11-23,33H,24-26H2,1-10H3. The van der Waals surface area contributed by atoms with Gasteiger partial charge in [-0.3, -0.25) is 4.79 Å². The molecule has 0 spiro atoms. The van der Waals surface area contributed by atoms with E-state index in [0.29, 0.717) is 13.0 Å². The summed E-state index contributed by atoms with van der Waals surface area (Å²) in [5.74, 6) is 0.588. The van der Waals surface area contributed by atoms with Crippen LogP contribution >= 0.6 is 0 Å². The predicted octanol–water partition coefficient (Wildman–Crippen LogP) is 9.82. The Morgan fingerprint density at radius 1 is 0.659 bits per heavy atom. The molecule has 0 heterocycles. The second-order valence-electron chi connectivity index (χ2n) is 14.6. The van der Waals surface area contributed by atoms with Crippen molar-refractivity contribution in [3.63, 3.8) is 0 Å². The first-order valence-electron chi connectivity index (χ1n) is 14.7. The van der Waals surface area contributed by atoms with Crippen molar-refractivity contribution in [2.75, 3.05) is 13.2 Å². The lowest BCUT2D eigenvalue weighted by molar-refractivity contribution is -0.220. The normalized spacial score (nSPS) is 14.7. The number of hydrogen-bond donors (Lipinski definition) is 0. The molecule has 0 bridgehead atoms. The number of benzene rings is 3. The van der Waals surface area contributed by atoms with Crippen LogP contribution in [0, 0.1) is 21.7 Å². The van der Waals surface area contributed by atoms with Crippen LogP contribution in [-0.2, 0) is 14.3 Å². The van der Waals surface area contributed by atoms with Crippen molar-refractivity contribution in [2.24, 2.45) is 21.7 Å². The molecule has 0 N–H and O–H groups in total. The van der Waals surface area contributed by atoms with Crippen LogP contribution < -0.4 is 4.74 Å². The van der Waals surface area contributed by atoms with Crippen molar-refractivity contribution in [2.45, 2.75) is 81.9 Å². The van der Waals surface area contributed by atoms with Gasteiger partial charge in [-0.15, -0.1) is 0 Å². The first-order valence-corrected chi connectivity index (χ1v) is 14.7. The van der Waals surface area contributed by atoms with Crippen LogP contribution in [0.4, 0.5) is 0 Å². The lowest BCUT2D eigenvalue weighted by Crippen LogP contribution is -2.47. The molecule has 0 amide bonds. The summed E-state index contributed by atoms with van der Waals surface area (Å²) < 4.78 is 18.9. The van der Waals surface area contributed by atoms with Crippen molar-refractivity contribution < 1.29 is 19.0 Å². The van der Waals surface area contributed by atoms with Crippen molar-refractivity contribution >= 4 is 5.97 Å². The summed E-state index contributed by atoms with van der Waals surface area (Å²) in [5, 5.41) is 0. The second-order valence-corrected chi connectivity index (χ2v) is 14.6. The van der Waals surface area contributed by atoms with Gasteiger partial charge in [0, 0.05) is 16.5 Å². The first-order chi connectivity index (χ1) is 19.0. The number of carbonyl (C=O) groups is 1. The molecule has 3 rings (SSSR count). The lowest BCUT2D eigenvalue weighted by atomic mass is 9.61. The van der Waals surface area contributed by atoms with E-state index in [2.05, 4.69) is 84.0 Å². The van der Waals surface area contributed by atoms with E-state index in [1.54, 1.807) is 0 Å². The van der Waals surface area contributed by atoms with E-state index in [1.807, 2.05) is 64.1 Å². The minimum atomic E-state index is -0.710. The van der Waals surface area contributed by atoms with E-state index in [0.717, 1.165) is 28.0 Å². The highest BCUT2D eigenvalue weighted by Gasteiger charge is 2.49. The minimum absolute atomic E-state index is 0.0322. The van der Waals surface area contributed by atoms with Crippen molar-refractivity contribution in [1.82, 2.24) is 0 Å². The highest BCUT2D eigenvalue weighted by atomic mass is 16.7. The van der Waals surface area contributed by atoms with Gasteiger partial charge in [0.2, 0.25) is 6.29 Å². The Balaban J connectivity index is 1.81. The quantitative estimate of drug-likeness (QED) is 0.141. The fraction of sp³-hybridized carbons (Fsp3) is 0.486. The van der Waals surface area contributed by atoms with E-state index >= 15 is 0 Å². The number of rotatable bonds is 10. The number of esters is 1. The van der Waals surface area contributed by atoms with Crippen LogP contribution in [0.2, 0.25) is 0 Å². The molecule has 3 aromatic carbocycles. The molecule has 0 saturated heterocycles. The molecule has 222 valence electrons. The monoisotopic (exact) mass is 558 g/mol. The average Bonchev–Trinajstić information content (AvgIpc) is 2.89. The van der Waals surface area contributed by atoms with Crippen LogP contribution in [0.1, 0.15) is 75.7 Å². The fourth-order valence-electron chi connectivity index (χ4n) is 5.07. The molecule has 4 nitrogen and oxygen atoms in total. The molecule has 2 unspecified atom stereocenters. The Morgan fingerprint density at radius 2 is 1.15 bits per heavy atom. The zero-order chi connectivity index (χ0) is 30.5. The van der Waals surface area contributed by atoms with Crippen molar-refractivity contribution in [1.29, 1.82) is 0 Å². The van der Waals surface area contributed by atoms with Gasteiger partial charge in [0.05, 0.1) is 12.0 Å². The molecule has 0 aliphatic rings. The van der Waals surface area contributed by atoms with Gasteiger partial charge in [-0.25, -0.2) is 0 Å². The number of para-hydroxylation sites is 1. The van der Waals surface area contributed by atoms with Crippen LogP contribution in [0.15, 0.2) is 78.9 Å². The maximum Gasteiger partial charge on any atom is 0.314 e. The maximum absolute atomic E-state index is 13.8. The van der Waals surface area contributed by atoms with Crippen LogP contribution in [0.3, 0.4) is 0 Å². The van der Waals surface area contributed by atoms with Gasteiger partial charge in [0.1, 0.15) is 12.4 Å². The molecule has 4 heteroatoms. The van der Waals surface area contributed by atoms with Gasteiger partial charge in [-0.2, -0.15) is 0 Å². The number of hydrogen-bond acceptors (Lipinski definition) is 4. The van der Waals surface area contributed by atoms with E-state index in [-0.39, 0.29) is 23.4 Å². The number of carbonyl (C=O) groups excluding carboxylic acids is 1. The summed E-state index contributed by atoms with van der Waals surface area (Å²) in [6, 6.07) is 26.7. The third kappa shape index (κ3) is 8.45. The third-order valence-electron chi connectivity index (χ3n) is 7.69. The van der Waals surface area contributed by atoms with E-state index < -0.39 is 17.1 Å². The molecule has 0 fully saturated rings. The molecule has 0 radical (unpaired) electrons. The molecular formula is C37H50O4. The van der Waals surface area contributed by atoms with Crippen LogP contribution in [0.5, 0.6) is 5.75 Å². The van der Waals surface area contributed by atoms with Crippen molar-refractivity contribution in [3.8, 4) is 28.0 Å². The minimum Gasteiger partial charge on any atom is -0.490 e. The summed E-state index contributed by atoms with van der Waals surface area (Å²) in [4.78, 5) is 13.8. The van der Waals surface area contributed by atoms with E-state index in [1.165, 1.54) is 0 Å².